The van der Waals surface area contributed by atoms with Crippen molar-refractivity contribution in [2.24, 2.45) is 5.73 Å². The molecular weight excluding hydrogens is 328 g/mol. The number of methoxy groups -OCH3 is 1. The van der Waals surface area contributed by atoms with Crippen LogP contribution in [-0.4, -0.2) is 35.2 Å². The van der Waals surface area contributed by atoms with Gasteiger partial charge in [-0.25, -0.2) is 0 Å². The Bertz CT molecular complexity index is 640. The molecule has 134 valence electrons. The zero-order valence-corrected chi connectivity index (χ0v) is 15.8. The summed E-state index contributed by atoms with van der Waals surface area (Å²) in [4.78, 5) is 6.55. The van der Waals surface area contributed by atoms with E-state index < -0.39 is 5.54 Å². The number of halogens is 1. The minimum absolute atomic E-state index is 0. The summed E-state index contributed by atoms with van der Waals surface area (Å²) in [7, 11) is 3.74. The van der Waals surface area contributed by atoms with Crippen molar-refractivity contribution in [2.45, 2.75) is 45.3 Å². The standard InChI is InChI=1S/C17H26N4O2.ClH/c1-12(10-13-8-6-7-9-14(13)22-5)21(4)11-15-19-16(20-23-15)17(2,3)18;/h6-9,12H,10-11,18H2,1-5H3;1H. The van der Waals surface area contributed by atoms with Crippen LogP contribution in [0.2, 0.25) is 0 Å². The van der Waals surface area contributed by atoms with Crippen LogP contribution in [0.3, 0.4) is 0 Å². The Balaban J connectivity index is 0.00000288. The summed E-state index contributed by atoms with van der Waals surface area (Å²) in [5.41, 5.74) is 6.57. The topological polar surface area (TPSA) is 77.4 Å². The van der Waals surface area contributed by atoms with Gasteiger partial charge in [-0.2, -0.15) is 4.98 Å². The number of ether oxygens (including phenoxy) is 1. The van der Waals surface area contributed by atoms with Crippen LogP contribution in [0, 0.1) is 0 Å². The Kier molecular flexibility index (Phi) is 7.20. The molecule has 0 amide bonds. The van der Waals surface area contributed by atoms with Gasteiger partial charge in [0.25, 0.3) is 0 Å². The predicted octanol–water partition coefficient (Wildman–Crippen LogP) is 2.76. The highest BCUT2D eigenvalue weighted by atomic mass is 35.5. The summed E-state index contributed by atoms with van der Waals surface area (Å²) in [6.45, 7) is 6.46. The first-order chi connectivity index (χ1) is 10.8. The quantitative estimate of drug-likeness (QED) is 0.823. The van der Waals surface area contributed by atoms with Crippen molar-refractivity contribution < 1.29 is 9.26 Å². The number of aromatic nitrogens is 2. The summed E-state index contributed by atoms with van der Waals surface area (Å²) >= 11 is 0. The number of hydrogen-bond donors (Lipinski definition) is 1. The summed E-state index contributed by atoms with van der Waals surface area (Å²) in [6.07, 6.45) is 0.879. The third-order valence-electron chi connectivity index (χ3n) is 3.89. The van der Waals surface area contributed by atoms with E-state index in [0.717, 1.165) is 12.2 Å². The molecule has 0 fully saturated rings. The molecular formula is C17H27ClN4O2. The van der Waals surface area contributed by atoms with E-state index in [0.29, 0.717) is 24.3 Å². The number of nitrogens with zero attached hydrogens (tertiary/aromatic N) is 3. The molecule has 0 aliphatic carbocycles. The number of nitrogens with two attached hydrogens (primary N) is 1. The molecule has 24 heavy (non-hydrogen) atoms. The van der Waals surface area contributed by atoms with Crippen molar-refractivity contribution in [3.8, 4) is 5.75 Å². The molecule has 7 heteroatoms. The molecule has 2 rings (SSSR count). The van der Waals surface area contributed by atoms with Gasteiger partial charge in [0, 0.05) is 6.04 Å². The number of para-hydroxylation sites is 1. The molecule has 1 aromatic heterocycles. The zero-order valence-electron chi connectivity index (χ0n) is 14.9. The lowest BCUT2D eigenvalue weighted by atomic mass is 10.1. The first-order valence-electron chi connectivity index (χ1n) is 7.75. The van der Waals surface area contributed by atoms with E-state index in [1.165, 1.54) is 5.56 Å². The van der Waals surface area contributed by atoms with Gasteiger partial charge in [-0.1, -0.05) is 23.4 Å². The Labute approximate surface area is 149 Å². The van der Waals surface area contributed by atoms with E-state index in [1.54, 1.807) is 7.11 Å². The lowest BCUT2D eigenvalue weighted by Gasteiger charge is -2.23. The monoisotopic (exact) mass is 354 g/mol. The number of rotatable bonds is 7. The van der Waals surface area contributed by atoms with Crippen molar-refractivity contribution in [2.75, 3.05) is 14.2 Å². The van der Waals surface area contributed by atoms with Crippen molar-refractivity contribution in [3.63, 3.8) is 0 Å². The number of benzene rings is 1. The van der Waals surface area contributed by atoms with Gasteiger partial charge in [0.1, 0.15) is 5.75 Å². The van der Waals surface area contributed by atoms with Crippen molar-refractivity contribution in [1.29, 1.82) is 0 Å². The zero-order chi connectivity index (χ0) is 17.0. The summed E-state index contributed by atoms with van der Waals surface area (Å²) in [5.74, 6) is 2.02. The second kappa shape index (κ2) is 8.46. The van der Waals surface area contributed by atoms with Gasteiger partial charge in [0.05, 0.1) is 19.2 Å². The van der Waals surface area contributed by atoms with Crippen LogP contribution in [0.1, 0.15) is 38.0 Å². The van der Waals surface area contributed by atoms with E-state index >= 15 is 0 Å². The van der Waals surface area contributed by atoms with Crippen molar-refractivity contribution in [3.05, 3.63) is 41.5 Å². The highest BCUT2D eigenvalue weighted by molar-refractivity contribution is 5.85. The normalized spacial score (nSPS) is 12.8. The molecule has 0 aliphatic heterocycles. The maximum Gasteiger partial charge on any atom is 0.240 e. The minimum Gasteiger partial charge on any atom is -0.496 e. The van der Waals surface area contributed by atoms with Gasteiger partial charge in [-0.05, 0) is 45.9 Å². The van der Waals surface area contributed by atoms with Crippen molar-refractivity contribution in [1.82, 2.24) is 15.0 Å². The van der Waals surface area contributed by atoms with Gasteiger partial charge in [0.2, 0.25) is 5.89 Å². The molecule has 2 N–H and O–H groups in total. The third-order valence-corrected chi connectivity index (χ3v) is 3.89. The van der Waals surface area contributed by atoms with Crippen LogP contribution in [0.5, 0.6) is 5.75 Å². The molecule has 2 aromatic rings. The molecule has 0 saturated heterocycles. The van der Waals surface area contributed by atoms with E-state index in [1.807, 2.05) is 39.1 Å². The summed E-state index contributed by atoms with van der Waals surface area (Å²) in [5, 5.41) is 3.95. The van der Waals surface area contributed by atoms with Crippen LogP contribution in [-0.2, 0) is 18.5 Å². The minimum atomic E-state index is -0.594. The molecule has 1 unspecified atom stereocenters. The molecule has 0 bridgehead atoms. The second-order valence-electron chi connectivity index (χ2n) is 6.51. The van der Waals surface area contributed by atoms with E-state index in [4.69, 9.17) is 15.0 Å². The largest absolute Gasteiger partial charge is 0.496 e. The fourth-order valence-corrected chi connectivity index (χ4v) is 2.30. The highest BCUT2D eigenvalue weighted by Crippen LogP contribution is 2.21. The molecule has 1 heterocycles. The smallest absolute Gasteiger partial charge is 0.240 e. The van der Waals surface area contributed by atoms with E-state index in [2.05, 4.69) is 28.0 Å². The Morgan fingerprint density at radius 3 is 2.58 bits per heavy atom. The van der Waals surface area contributed by atoms with Gasteiger partial charge >= 0.3 is 0 Å². The van der Waals surface area contributed by atoms with Gasteiger partial charge in [0.15, 0.2) is 5.82 Å². The molecule has 1 atom stereocenters. The first-order valence-corrected chi connectivity index (χ1v) is 7.75. The Morgan fingerprint density at radius 1 is 1.33 bits per heavy atom. The Hall–Kier alpha value is -1.63. The van der Waals surface area contributed by atoms with Gasteiger partial charge in [-0.3, -0.25) is 4.90 Å². The van der Waals surface area contributed by atoms with Crippen LogP contribution >= 0.6 is 12.4 Å². The lowest BCUT2D eigenvalue weighted by Crippen LogP contribution is -2.31. The first kappa shape index (κ1) is 20.4. The van der Waals surface area contributed by atoms with Gasteiger partial charge in [-0.15, -0.1) is 12.4 Å². The lowest BCUT2D eigenvalue weighted by molar-refractivity contribution is 0.212. The molecule has 6 nitrogen and oxygen atoms in total. The second-order valence-corrected chi connectivity index (χ2v) is 6.51. The van der Waals surface area contributed by atoms with Gasteiger partial charge < -0.3 is 15.0 Å². The maximum atomic E-state index is 5.98. The summed E-state index contributed by atoms with van der Waals surface area (Å²) < 4.78 is 10.7. The highest BCUT2D eigenvalue weighted by Gasteiger charge is 2.22. The SMILES string of the molecule is COc1ccccc1CC(C)N(C)Cc1nc(C(C)(C)N)no1.Cl. The number of likely N-dealkylation sites (N-methyl/N-ethyl adjacent to an activating group) is 1. The Morgan fingerprint density at radius 2 is 2.00 bits per heavy atom. The molecule has 0 aliphatic rings. The van der Waals surface area contributed by atoms with E-state index in [9.17, 15) is 0 Å². The molecule has 0 radical (unpaired) electrons. The van der Waals surface area contributed by atoms with E-state index in [-0.39, 0.29) is 12.4 Å². The fourth-order valence-electron chi connectivity index (χ4n) is 2.30. The predicted molar refractivity (Wildman–Crippen MR) is 96.4 cm³/mol. The third kappa shape index (κ3) is 5.19. The average Bonchev–Trinajstić information content (AvgIpc) is 2.96. The average molecular weight is 355 g/mol. The van der Waals surface area contributed by atoms with Crippen LogP contribution < -0.4 is 10.5 Å². The molecule has 1 aromatic carbocycles. The van der Waals surface area contributed by atoms with Crippen LogP contribution in [0.4, 0.5) is 0 Å². The van der Waals surface area contributed by atoms with Crippen LogP contribution in [0.15, 0.2) is 28.8 Å². The molecule has 0 spiro atoms. The number of hydrogen-bond acceptors (Lipinski definition) is 6. The van der Waals surface area contributed by atoms with Crippen LogP contribution in [0.25, 0.3) is 0 Å². The maximum absolute atomic E-state index is 5.98. The molecule has 0 saturated carbocycles. The fraction of sp³-hybridized carbons (Fsp3) is 0.529. The summed E-state index contributed by atoms with van der Waals surface area (Å²) in [6, 6.07) is 8.37. The van der Waals surface area contributed by atoms with Crippen molar-refractivity contribution >= 4 is 12.4 Å².